The first kappa shape index (κ1) is 16.9. The van der Waals surface area contributed by atoms with Crippen LogP contribution in [-0.2, 0) is 5.41 Å². The fourth-order valence-corrected chi connectivity index (χ4v) is 1.29. The fraction of sp³-hybridized carbons (Fsp3) is 0.692. The summed E-state index contributed by atoms with van der Waals surface area (Å²) >= 11 is 0. The lowest BCUT2D eigenvalue weighted by Gasteiger charge is -2.17. The Morgan fingerprint density at radius 2 is 1.76 bits per heavy atom. The Morgan fingerprint density at radius 1 is 1.19 bits per heavy atom. The molecule has 1 aromatic rings. The topological polar surface area (TPSA) is 80.6 Å². The minimum absolute atomic E-state index is 0.121. The Morgan fingerprint density at radius 3 is 2.19 bits per heavy atom. The van der Waals surface area contributed by atoms with Crippen molar-refractivity contribution in [3.8, 4) is 6.01 Å². The SMILES string of the molecule is CCC(C)(C)c1nc(OC(=O)N(C)C)n(C(=O)N(C)C)n1. The molecule has 1 rings (SSSR count). The highest BCUT2D eigenvalue weighted by atomic mass is 16.6. The Kier molecular flexibility index (Phi) is 4.93. The van der Waals surface area contributed by atoms with Crippen LogP contribution in [0.2, 0.25) is 0 Å². The summed E-state index contributed by atoms with van der Waals surface area (Å²) in [5.41, 5.74) is -0.322. The van der Waals surface area contributed by atoms with E-state index in [0.29, 0.717) is 5.82 Å². The van der Waals surface area contributed by atoms with Crippen LogP contribution < -0.4 is 4.74 Å². The predicted octanol–water partition coefficient (Wildman–Crippen LogP) is 1.56. The largest absolute Gasteiger partial charge is 0.417 e. The second-order valence-electron chi connectivity index (χ2n) is 5.81. The molecule has 0 aliphatic rings. The van der Waals surface area contributed by atoms with Crippen molar-refractivity contribution in [2.75, 3.05) is 28.2 Å². The summed E-state index contributed by atoms with van der Waals surface area (Å²) in [5, 5.41) is 4.20. The maximum Gasteiger partial charge on any atom is 0.417 e. The maximum atomic E-state index is 12.1. The zero-order chi connectivity index (χ0) is 16.4. The van der Waals surface area contributed by atoms with Crippen LogP contribution in [0.15, 0.2) is 0 Å². The van der Waals surface area contributed by atoms with Gasteiger partial charge in [0.2, 0.25) is 0 Å². The van der Waals surface area contributed by atoms with E-state index in [4.69, 9.17) is 4.74 Å². The third-order valence-corrected chi connectivity index (χ3v) is 3.17. The molecule has 0 N–H and O–H groups in total. The fourth-order valence-electron chi connectivity index (χ4n) is 1.29. The summed E-state index contributed by atoms with van der Waals surface area (Å²) in [6.45, 7) is 5.93. The number of aromatic nitrogens is 3. The highest BCUT2D eigenvalue weighted by molar-refractivity contribution is 5.77. The third kappa shape index (κ3) is 3.71. The molecule has 8 heteroatoms. The van der Waals surface area contributed by atoms with Gasteiger partial charge in [-0.3, -0.25) is 0 Å². The number of ether oxygens (including phenoxy) is 1. The van der Waals surface area contributed by atoms with Gasteiger partial charge in [-0.15, -0.1) is 9.78 Å². The zero-order valence-corrected chi connectivity index (χ0v) is 13.7. The van der Waals surface area contributed by atoms with Crippen molar-refractivity contribution in [1.82, 2.24) is 24.6 Å². The molecule has 0 radical (unpaired) electrons. The Hall–Kier alpha value is -2.12. The van der Waals surface area contributed by atoms with Gasteiger partial charge in [0, 0.05) is 33.6 Å². The molecule has 0 aliphatic carbocycles. The molecule has 0 fully saturated rings. The lowest BCUT2D eigenvalue weighted by Crippen LogP contribution is -2.31. The number of hydrogen-bond acceptors (Lipinski definition) is 5. The van der Waals surface area contributed by atoms with Crippen LogP contribution in [0, 0.1) is 0 Å². The van der Waals surface area contributed by atoms with E-state index in [2.05, 4.69) is 10.1 Å². The van der Waals surface area contributed by atoms with Crippen LogP contribution in [0.1, 0.15) is 33.0 Å². The van der Waals surface area contributed by atoms with E-state index >= 15 is 0 Å². The molecule has 0 atom stereocenters. The van der Waals surface area contributed by atoms with Crippen LogP contribution in [0.4, 0.5) is 9.59 Å². The van der Waals surface area contributed by atoms with Crippen molar-refractivity contribution in [2.24, 2.45) is 0 Å². The first-order chi connectivity index (χ1) is 9.60. The number of carbonyl (C=O) groups is 2. The smallest absolute Gasteiger partial charge is 0.374 e. The highest BCUT2D eigenvalue weighted by Crippen LogP contribution is 2.25. The molecule has 0 saturated carbocycles. The first-order valence-corrected chi connectivity index (χ1v) is 6.68. The van der Waals surface area contributed by atoms with E-state index in [0.717, 1.165) is 11.1 Å². The van der Waals surface area contributed by atoms with Crippen LogP contribution in [0.5, 0.6) is 6.01 Å². The van der Waals surface area contributed by atoms with Crippen molar-refractivity contribution in [3.63, 3.8) is 0 Å². The normalized spacial score (nSPS) is 11.2. The van der Waals surface area contributed by atoms with Gasteiger partial charge in [0.05, 0.1) is 0 Å². The lowest BCUT2D eigenvalue weighted by atomic mass is 9.90. The molecule has 0 aliphatic heterocycles. The van der Waals surface area contributed by atoms with Gasteiger partial charge in [-0.25, -0.2) is 9.59 Å². The van der Waals surface area contributed by atoms with E-state index < -0.39 is 12.1 Å². The second kappa shape index (κ2) is 6.11. The molecule has 2 amide bonds. The summed E-state index contributed by atoms with van der Waals surface area (Å²) in [4.78, 5) is 30.6. The summed E-state index contributed by atoms with van der Waals surface area (Å²) < 4.78 is 6.14. The standard InChI is InChI=1S/C13H23N5O3/c1-8-13(2,3)9-14-10(21-12(20)17(6)7)18(15-9)11(19)16(4)5/h8H2,1-7H3. The number of rotatable bonds is 3. The lowest BCUT2D eigenvalue weighted by molar-refractivity contribution is 0.164. The molecule has 8 nitrogen and oxygen atoms in total. The molecule has 0 bridgehead atoms. The van der Waals surface area contributed by atoms with Crippen molar-refractivity contribution in [1.29, 1.82) is 0 Å². The van der Waals surface area contributed by atoms with Gasteiger partial charge in [-0.05, 0) is 6.42 Å². The first-order valence-electron chi connectivity index (χ1n) is 6.68. The maximum absolute atomic E-state index is 12.1. The Balaban J connectivity index is 3.26. The minimum Gasteiger partial charge on any atom is -0.374 e. The quantitative estimate of drug-likeness (QED) is 0.845. The highest BCUT2D eigenvalue weighted by Gasteiger charge is 2.29. The molecular weight excluding hydrogens is 274 g/mol. The van der Waals surface area contributed by atoms with Gasteiger partial charge in [0.25, 0.3) is 0 Å². The zero-order valence-electron chi connectivity index (χ0n) is 13.7. The second-order valence-corrected chi connectivity index (χ2v) is 5.81. The molecule has 1 aromatic heterocycles. The van der Waals surface area contributed by atoms with E-state index in [1.165, 1.54) is 9.80 Å². The van der Waals surface area contributed by atoms with E-state index in [9.17, 15) is 9.59 Å². The summed E-state index contributed by atoms with van der Waals surface area (Å²) in [5.74, 6) is 0.460. The molecule has 118 valence electrons. The van der Waals surface area contributed by atoms with Gasteiger partial charge in [-0.1, -0.05) is 20.8 Å². The number of amides is 2. The Bertz CT molecular complexity index is 534. The predicted molar refractivity (Wildman–Crippen MR) is 77.5 cm³/mol. The van der Waals surface area contributed by atoms with Crippen LogP contribution in [0.3, 0.4) is 0 Å². The molecule has 0 aromatic carbocycles. The average molecular weight is 297 g/mol. The molecular formula is C13H23N5O3. The molecule has 1 heterocycles. The van der Waals surface area contributed by atoms with Crippen LogP contribution >= 0.6 is 0 Å². The van der Waals surface area contributed by atoms with Gasteiger partial charge in [0.1, 0.15) is 0 Å². The van der Waals surface area contributed by atoms with E-state index in [-0.39, 0.29) is 11.4 Å². The minimum atomic E-state index is -0.615. The molecule has 21 heavy (non-hydrogen) atoms. The van der Waals surface area contributed by atoms with Gasteiger partial charge in [0.15, 0.2) is 5.82 Å². The van der Waals surface area contributed by atoms with Crippen molar-refractivity contribution in [2.45, 2.75) is 32.6 Å². The van der Waals surface area contributed by atoms with Gasteiger partial charge >= 0.3 is 18.1 Å². The van der Waals surface area contributed by atoms with Crippen LogP contribution in [-0.4, -0.2) is 64.9 Å². The van der Waals surface area contributed by atoms with Crippen LogP contribution in [0.25, 0.3) is 0 Å². The van der Waals surface area contributed by atoms with E-state index in [1.54, 1.807) is 28.2 Å². The summed E-state index contributed by atoms with van der Waals surface area (Å²) in [6, 6.07) is -0.550. The summed E-state index contributed by atoms with van der Waals surface area (Å²) in [7, 11) is 6.28. The molecule has 0 saturated heterocycles. The number of carbonyl (C=O) groups excluding carboxylic acids is 2. The van der Waals surface area contributed by atoms with Gasteiger partial charge in [-0.2, -0.15) is 4.98 Å². The molecule has 0 spiro atoms. The van der Waals surface area contributed by atoms with E-state index in [1.807, 2.05) is 20.8 Å². The summed E-state index contributed by atoms with van der Waals surface area (Å²) in [6.07, 6.45) is 0.171. The van der Waals surface area contributed by atoms with Crippen molar-refractivity contribution in [3.05, 3.63) is 5.82 Å². The molecule has 0 unspecified atom stereocenters. The Labute approximate surface area is 124 Å². The monoisotopic (exact) mass is 297 g/mol. The number of hydrogen-bond donors (Lipinski definition) is 0. The van der Waals surface area contributed by atoms with Gasteiger partial charge < -0.3 is 14.5 Å². The number of nitrogens with zero attached hydrogens (tertiary/aromatic N) is 5. The average Bonchev–Trinajstić information content (AvgIpc) is 2.82. The third-order valence-electron chi connectivity index (χ3n) is 3.17. The van der Waals surface area contributed by atoms with Crippen molar-refractivity contribution < 1.29 is 14.3 Å². The van der Waals surface area contributed by atoms with Crippen molar-refractivity contribution >= 4 is 12.1 Å².